The van der Waals surface area contributed by atoms with E-state index in [2.05, 4.69) is 10.3 Å². The molecule has 1 fully saturated rings. The second-order valence-electron chi connectivity index (χ2n) is 8.34. The lowest BCUT2D eigenvalue weighted by atomic mass is 9.97. The highest BCUT2D eigenvalue weighted by Gasteiger charge is 2.25. The predicted molar refractivity (Wildman–Crippen MR) is 124 cm³/mol. The Kier molecular flexibility index (Phi) is 8.68. The summed E-state index contributed by atoms with van der Waals surface area (Å²) >= 11 is 0. The van der Waals surface area contributed by atoms with E-state index in [4.69, 9.17) is 9.47 Å². The minimum atomic E-state index is -0.0955. The van der Waals surface area contributed by atoms with Crippen LogP contribution in [0.3, 0.4) is 0 Å². The number of carbonyl (C=O) groups excluding carboxylic acids is 2. The van der Waals surface area contributed by atoms with Crippen molar-refractivity contribution in [3.63, 3.8) is 0 Å². The summed E-state index contributed by atoms with van der Waals surface area (Å²) in [6.45, 7) is 7.32. The number of carbonyl (C=O) groups is 2. The standard InChI is InChI=1S/C24H35N5O4/c1-5-27(6-2)24(31)20-17-29(26-25-20)16-19-8-7-13-28(15-19)23(30)12-10-18-9-11-21(32-3)22(14-18)33-4/h9,11,14,17,19H,5-8,10,12-13,15-16H2,1-4H3. The smallest absolute Gasteiger partial charge is 0.276 e. The molecule has 1 aromatic carbocycles. The number of nitrogens with zero attached hydrogens (tertiary/aromatic N) is 5. The van der Waals surface area contributed by atoms with Crippen LogP contribution in [0.4, 0.5) is 0 Å². The fraction of sp³-hybridized carbons (Fsp3) is 0.583. The average molecular weight is 458 g/mol. The Hall–Kier alpha value is -3.10. The highest BCUT2D eigenvalue weighted by Crippen LogP contribution is 2.28. The molecule has 1 saturated heterocycles. The fourth-order valence-corrected chi connectivity index (χ4v) is 4.31. The molecule has 3 rings (SSSR count). The SMILES string of the molecule is CCN(CC)C(=O)c1cn(CC2CCCN(C(=O)CCc3ccc(OC)c(OC)c3)C2)nn1. The molecule has 9 heteroatoms. The van der Waals surface area contributed by atoms with E-state index in [0.717, 1.165) is 24.9 Å². The molecule has 0 aliphatic carbocycles. The molecule has 2 heterocycles. The van der Waals surface area contributed by atoms with Gasteiger partial charge in [-0.15, -0.1) is 5.10 Å². The summed E-state index contributed by atoms with van der Waals surface area (Å²) in [6, 6.07) is 5.76. The summed E-state index contributed by atoms with van der Waals surface area (Å²) in [5.41, 5.74) is 1.42. The van der Waals surface area contributed by atoms with Crippen LogP contribution in [0.1, 0.15) is 49.2 Å². The van der Waals surface area contributed by atoms with Gasteiger partial charge in [-0.3, -0.25) is 14.3 Å². The molecule has 9 nitrogen and oxygen atoms in total. The van der Waals surface area contributed by atoms with E-state index < -0.39 is 0 Å². The maximum Gasteiger partial charge on any atom is 0.276 e. The highest BCUT2D eigenvalue weighted by atomic mass is 16.5. The second-order valence-corrected chi connectivity index (χ2v) is 8.34. The molecular formula is C24H35N5O4. The van der Waals surface area contributed by atoms with Crippen LogP contribution >= 0.6 is 0 Å². The summed E-state index contributed by atoms with van der Waals surface area (Å²) in [7, 11) is 3.22. The van der Waals surface area contributed by atoms with Crippen LogP contribution in [0.15, 0.2) is 24.4 Å². The van der Waals surface area contributed by atoms with Crippen LogP contribution in [0, 0.1) is 5.92 Å². The summed E-state index contributed by atoms with van der Waals surface area (Å²) in [6.07, 6.45) is 4.82. The molecule has 33 heavy (non-hydrogen) atoms. The van der Waals surface area contributed by atoms with Gasteiger partial charge in [0.25, 0.3) is 5.91 Å². The summed E-state index contributed by atoms with van der Waals surface area (Å²) in [5, 5.41) is 8.22. The van der Waals surface area contributed by atoms with E-state index in [1.165, 1.54) is 0 Å². The molecule has 180 valence electrons. The zero-order valence-corrected chi connectivity index (χ0v) is 20.1. The number of aromatic nitrogens is 3. The van der Waals surface area contributed by atoms with Gasteiger partial charge in [-0.25, -0.2) is 0 Å². The lowest BCUT2D eigenvalue weighted by molar-refractivity contribution is -0.133. The minimum absolute atomic E-state index is 0.0955. The van der Waals surface area contributed by atoms with Crippen LogP contribution in [0.5, 0.6) is 11.5 Å². The molecule has 1 aromatic heterocycles. The van der Waals surface area contributed by atoms with Crippen LogP contribution in [0.25, 0.3) is 0 Å². The summed E-state index contributed by atoms with van der Waals surface area (Å²) in [5.74, 6) is 1.71. The minimum Gasteiger partial charge on any atom is -0.493 e. The van der Waals surface area contributed by atoms with Crippen molar-refractivity contribution in [1.82, 2.24) is 24.8 Å². The van der Waals surface area contributed by atoms with Crippen molar-refractivity contribution in [2.45, 2.75) is 46.1 Å². The van der Waals surface area contributed by atoms with Crippen LogP contribution in [-0.2, 0) is 17.8 Å². The zero-order valence-electron chi connectivity index (χ0n) is 20.1. The van der Waals surface area contributed by atoms with E-state index >= 15 is 0 Å². The topological polar surface area (TPSA) is 89.8 Å². The number of hydrogen-bond acceptors (Lipinski definition) is 6. The van der Waals surface area contributed by atoms with Crippen LogP contribution < -0.4 is 9.47 Å². The van der Waals surface area contributed by atoms with Crippen molar-refractivity contribution in [2.75, 3.05) is 40.4 Å². The van der Waals surface area contributed by atoms with Crippen molar-refractivity contribution in [1.29, 1.82) is 0 Å². The predicted octanol–water partition coefficient (Wildman–Crippen LogP) is 2.65. The van der Waals surface area contributed by atoms with Gasteiger partial charge >= 0.3 is 0 Å². The molecular weight excluding hydrogens is 422 g/mol. The zero-order chi connectivity index (χ0) is 23.8. The molecule has 0 saturated carbocycles. The normalized spacial score (nSPS) is 15.9. The highest BCUT2D eigenvalue weighted by molar-refractivity contribution is 5.91. The second kappa shape index (κ2) is 11.7. The molecule has 2 aromatic rings. The number of piperidine rings is 1. The number of likely N-dealkylation sites (tertiary alicyclic amines) is 1. The summed E-state index contributed by atoms with van der Waals surface area (Å²) < 4.78 is 12.4. The van der Waals surface area contributed by atoms with Crippen molar-refractivity contribution in [3.05, 3.63) is 35.7 Å². The first-order valence-electron chi connectivity index (χ1n) is 11.7. The molecule has 0 radical (unpaired) electrons. The average Bonchev–Trinajstić information content (AvgIpc) is 3.31. The van der Waals surface area contributed by atoms with Gasteiger partial charge in [0.2, 0.25) is 5.91 Å². The number of aryl methyl sites for hydroxylation is 1. The fourth-order valence-electron chi connectivity index (χ4n) is 4.31. The van der Waals surface area contributed by atoms with Crippen LogP contribution in [-0.4, -0.2) is 77.0 Å². The van der Waals surface area contributed by atoms with Gasteiger partial charge in [0.1, 0.15) is 0 Å². The van der Waals surface area contributed by atoms with E-state index in [-0.39, 0.29) is 11.8 Å². The Bertz CT molecular complexity index is 941. The molecule has 2 amide bonds. The maximum atomic E-state index is 12.9. The molecule has 0 N–H and O–H groups in total. The third-order valence-corrected chi connectivity index (χ3v) is 6.20. The van der Waals surface area contributed by atoms with Crippen molar-refractivity contribution < 1.29 is 19.1 Å². The largest absolute Gasteiger partial charge is 0.493 e. The summed E-state index contributed by atoms with van der Waals surface area (Å²) in [4.78, 5) is 29.0. The number of amides is 2. The Morgan fingerprint density at radius 2 is 1.91 bits per heavy atom. The number of methoxy groups -OCH3 is 2. The lowest BCUT2D eigenvalue weighted by Gasteiger charge is -2.32. The quantitative estimate of drug-likeness (QED) is 0.545. The van der Waals surface area contributed by atoms with Gasteiger partial charge in [0, 0.05) is 39.1 Å². The van der Waals surface area contributed by atoms with Gasteiger partial charge in [-0.1, -0.05) is 11.3 Å². The maximum absolute atomic E-state index is 12.9. The molecule has 1 unspecified atom stereocenters. The number of ether oxygens (including phenoxy) is 2. The Labute approximate surface area is 195 Å². The van der Waals surface area contributed by atoms with Gasteiger partial charge in [-0.05, 0) is 56.7 Å². The van der Waals surface area contributed by atoms with E-state index in [0.29, 0.717) is 62.1 Å². The van der Waals surface area contributed by atoms with Gasteiger partial charge < -0.3 is 19.3 Å². The first kappa shape index (κ1) is 24.5. The number of hydrogen-bond donors (Lipinski definition) is 0. The third kappa shape index (κ3) is 6.24. The van der Waals surface area contributed by atoms with Gasteiger partial charge in [-0.2, -0.15) is 0 Å². The molecule has 1 aliphatic heterocycles. The number of benzene rings is 1. The third-order valence-electron chi connectivity index (χ3n) is 6.20. The Morgan fingerprint density at radius 3 is 2.61 bits per heavy atom. The van der Waals surface area contributed by atoms with Crippen LogP contribution in [0.2, 0.25) is 0 Å². The molecule has 0 bridgehead atoms. The van der Waals surface area contributed by atoms with Gasteiger partial charge in [0.15, 0.2) is 17.2 Å². The first-order valence-corrected chi connectivity index (χ1v) is 11.7. The van der Waals surface area contributed by atoms with E-state index in [9.17, 15) is 9.59 Å². The van der Waals surface area contributed by atoms with E-state index in [1.54, 1.807) is 30.0 Å². The molecule has 0 spiro atoms. The molecule has 1 aliphatic rings. The number of rotatable bonds is 10. The lowest BCUT2D eigenvalue weighted by Crippen LogP contribution is -2.41. The van der Waals surface area contributed by atoms with Crippen molar-refractivity contribution in [3.8, 4) is 11.5 Å². The monoisotopic (exact) mass is 457 g/mol. The molecule has 1 atom stereocenters. The first-order chi connectivity index (χ1) is 16.0. The van der Waals surface area contributed by atoms with E-state index in [1.807, 2.05) is 36.9 Å². The Morgan fingerprint density at radius 1 is 1.15 bits per heavy atom. The van der Waals surface area contributed by atoms with Gasteiger partial charge in [0.05, 0.1) is 20.4 Å². The van der Waals surface area contributed by atoms with Crippen molar-refractivity contribution >= 4 is 11.8 Å². The Balaban J connectivity index is 1.53. The van der Waals surface area contributed by atoms with Crippen molar-refractivity contribution in [2.24, 2.45) is 5.92 Å².